The standard InChI is InChI=1S/C3H5NO.H3N/c1-2-3(4)5;/h2H,1H2,(H2,4,5);1H3/p+1. The Bertz CT molecular complexity index is 59.8. The van der Waals surface area contributed by atoms with E-state index in [0.29, 0.717) is 0 Å². The molecule has 0 radical (unpaired) electrons. The van der Waals surface area contributed by atoms with Gasteiger partial charge in [-0.25, -0.2) is 0 Å². The molecule has 6 heavy (non-hydrogen) atoms. The van der Waals surface area contributed by atoms with Gasteiger partial charge in [-0.3, -0.25) is 4.79 Å². The molecule has 6 N–H and O–H groups in total. The van der Waals surface area contributed by atoms with Gasteiger partial charge < -0.3 is 11.9 Å². The Balaban J connectivity index is 0. The van der Waals surface area contributed by atoms with Gasteiger partial charge in [-0.2, -0.15) is 0 Å². The molecule has 0 bridgehead atoms. The maximum absolute atomic E-state index is 9.47. The zero-order chi connectivity index (χ0) is 4.28. The van der Waals surface area contributed by atoms with Gasteiger partial charge in [0.25, 0.3) is 0 Å². The third kappa shape index (κ3) is 10.9. The highest BCUT2D eigenvalue weighted by Crippen LogP contribution is 1.48. The molecule has 0 spiro atoms. The fourth-order valence-electron chi connectivity index (χ4n) is 0. The fourth-order valence-corrected chi connectivity index (χ4v) is 0. The van der Waals surface area contributed by atoms with E-state index in [9.17, 15) is 4.79 Å². The summed E-state index contributed by atoms with van der Waals surface area (Å²) in [5.41, 5.74) is 4.53. The topological polar surface area (TPSA) is 79.6 Å². The molecule has 0 saturated carbocycles. The van der Waals surface area contributed by atoms with E-state index in [-0.39, 0.29) is 6.15 Å². The van der Waals surface area contributed by atoms with Gasteiger partial charge in [0.1, 0.15) is 0 Å². The first-order chi connectivity index (χ1) is 2.27. The molecule has 0 rings (SSSR count). The molecular weight excluding hydrogens is 80.0 g/mol. The summed E-state index contributed by atoms with van der Waals surface area (Å²) in [5.74, 6) is -0.481. The van der Waals surface area contributed by atoms with E-state index < -0.39 is 5.91 Å². The molecule has 0 aliphatic carbocycles. The molecule has 0 heterocycles. The number of primary amides is 1. The van der Waals surface area contributed by atoms with Crippen LogP contribution in [0, 0.1) is 0 Å². The van der Waals surface area contributed by atoms with Crippen molar-refractivity contribution in [2.75, 3.05) is 0 Å². The lowest BCUT2D eigenvalue weighted by Gasteiger charge is -1.65. The lowest BCUT2D eigenvalue weighted by molar-refractivity contribution is -0.113. The number of carbonyl (C=O) groups is 1. The second-order valence-electron chi connectivity index (χ2n) is 0.606. The highest BCUT2D eigenvalue weighted by atomic mass is 16.1. The average Bonchev–Trinajstić information content (AvgIpc) is 1.38. The van der Waals surface area contributed by atoms with Crippen LogP contribution in [0.4, 0.5) is 0 Å². The molecule has 36 valence electrons. The van der Waals surface area contributed by atoms with Crippen molar-refractivity contribution >= 4 is 5.91 Å². The molecule has 3 nitrogen and oxygen atoms in total. The molecule has 0 aromatic heterocycles. The summed E-state index contributed by atoms with van der Waals surface area (Å²) in [6.07, 6.45) is 1.06. The fraction of sp³-hybridized carbons (Fsp3) is 0. The zero-order valence-electron chi connectivity index (χ0n) is 3.77. The van der Waals surface area contributed by atoms with Gasteiger partial charge in [0.15, 0.2) is 0 Å². The monoisotopic (exact) mass is 89.1 g/mol. The molecule has 3 heteroatoms. The molecule has 0 saturated heterocycles. The third-order valence-electron chi connectivity index (χ3n) is 0.201. The summed E-state index contributed by atoms with van der Waals surface area (Å²) in [6.45, 7) is 3.09. The SMILES string of the molecule is C=CC(N)=O.[NH4+]. The molecule has 0 atom stereocenters. The quantitative estimate of drug-likeness (QED) is 0.437. The minimum Gasteiger partial charge on any atom is -0.369 e. The first-order valence-corrected chi connectivity index (χ1v) is 1.19. The molecule has 0 fully saturated rings. The lowest BCUT2D eigenvalue weighted by atomic mass is 10.6. The second-order valence-corrected chi connectivity index (χ2v) is 0.606. The van der Waals surface area contributed by atoms with E-state index in [4.69, 9.17) is 0 Å². The van der Waals surface area contributed by atoms with Crippen molar-refractivity contribution in [3.05, 3.63) is 12.7 Å². The first-order valence-electron chi connectivity index (χ1n) is 1.19. The number of rotatable bonds is 1. The number of hydrogen-bond acceptors (Lipinski definition) is 1. The van der Waals surface area contributed by atoms with Crippen LogP contribution in [0.15, 0.2) is 12.7 Å². The number of amides is 1. The van der Waals surface area contributed by atoms with E-state index in [1.807, 2.05) is 0 Å². The number of hydrogen-bond donors (Lipinski definition) is 2. The van der Waals surface area contributed by atoms with Gasteiger partial charge in [0, 0.05) is 0 Å². The van der Waals surface area contributed by atoms with Crippen molar-refractivity contribution in [1.29, 1.82) is 0 Å². The summed E-state index contributed by atoms with van der Waals surface area (Å²) < 4.78 is 0. The van der Waals surface area contributed by atoms with Crippen LogP contribution in [-0.4, -0.2) is 5.91 Å². The number of nitrogens with two attached hydrogens (primary N) is 1. The van der Waals surface area contributed by atoms with Crippen LogP contribution >= 0.6 is 0 Å². The maximum Gasteiger partial charge on any atom is 0.240 e. The first kappa shape index (κ1) is 8.95. The third-order valence-corrected chi connectivity index (χ3v) is 0.201. The summed E-state index contributed by atoms with van der Waals surface area (Å²) in [7, 11) is 0. The predicted octanol–water partition coefficient (Wildman–Crippen LogP) is 0.0339. The number of quaternary nitrogens is 1. The van der Waals surface area contributed by atoms with Crippen molar-refractivity contribution in [3.8, 4) is 0 Å². The Labute approximate surface area is 36.4 Å². The predicted molar refractivity (Wildman–Crippen MR) is 25.4 cm³/mol. The molecule has 1 amide bonds. The van der Waals surface area contributed by atoms with Gasteiger partial charge in [-0.1, -0.05) is 6.58 Å². The van der Waals surface area contributed by atoms with E-state index in [0.717, 1.165) is 6.08 Å². The highest BCUT2D eigenvalue weighted by molar-refractivity contribution is 5.84. The molecule has 0 aromatic carbocycles. The molecule has 0 aliphatic heterocycles. The van der Waals surface area contributed by atoms with Crippen LogP contribution < -0.4 is 11.9 Å². The minimum absolute atomic E-state index is 0. The van der Waals surface area contributed by atoms with Gasteiger partial charge in [0.2, 0.25) is 5.91 Å². The van der Waals surface area contributed by atoms with Gasteiger partial charge in [-0.05, 0) is 6.08 Å². The van der Waals surface area contributed by atoms with Crippen LogP contribution in [0.3, 0.4) is 0 Å². The van der Waals surface area contributed by atoms with E-state index in [2.05, 4.69) is 12.3 Å². The van der Waals surface area contributed by atoms with Crippen LogP contribution in [0.1, 0.15) is 0 Å². The highest BCUT2D eigenvalue weighted by Gasteiger charge is 1.69. The van der Waals surface area contributed by atoms with Gasteiger partial charge >= 0.3 is 0 Å². The van der Waals surface area contributed by atoms with E-state index in [1.165, 1.54) is 0 Å². The van der Waals surface area contributed by atoms with Crippen LogP contribution in [-0.2, 0) is 4.79 Å². The van der Waals surface area contributed by atoms with Crippen LogP contribution in [0.2, 0.25) is 0 Å². The van der Waals surface area contributed by atoms with Crippen molar-refractivity contribution in [2.24, 2.45) is 5.73 Å². The Morgan fingerprint density at radius 1 is 1.83 bits per heavy atom. The molecule has 0 unspecified atom stereocenters. The zero-order valence-corrected chi connectivity index (χ0v) is 3.77. The summed E-state index contributed by atoms with van der Waals surface area (Å²) in [5, 5.41) is 0. The van der Waals surface area contributed by atoms with Gasteiger partial charge in [0.05, 0.1) is 0 Å². The molecular formula is C3H9N2O+. The second kappa shape index (κ2) is 4.17. The normalized spacial score (nSPS) is 5.33. The maximum atomic E-state index is 9.47. The minimum atomic E-state index is -0.481. The summed E-state index contributed by atoms with van der Waals surface area (Å²) in [6, 6.07) is 0. The average molecular weight is 89.1 g/mol. The Hall–Kier alpha value is -0.830. The van der Waals surface area contributed by atoms with Crippen molar-refractivity contribution in [3.63, 3.8) is 0 Å². The van der Waals surface area contributed by atoms with E-state index >= 15 is 0 Å². The van der Waals surface area contributed by atoms with Gasteiger partial charge in [-0.15, -0.1) is 0 Å². The van der Waals surface area contributed by atoms with Crippen LogP contribution in [0.5, 0.6) is 0 Å². The van der Waals surface area contributed by atoms with Crippen molar-refractivity contribution in [2.45, 2.75) is 0 Å². The Kier molecular flexibility index (Phi) is 6.22. The smallest absolute Gasteiger partial charge is 0.240 e. The Morgan fingerprint density at radius 2 is 2.00 bits per heavy atom. The summed E-state index contributed by atoms with van der Waals surface area (Å²) >= 11 is 0. The van der Waals surface area contributed by atoms with Crippen LogP contribution in [0.25, 0.3) is 0 Å². The number of carbonyl (C=O) groups excluding carboxylic acids is 1. The Morgan fingerprint density at radius 3 is 2.00 bits per heavy atom. The largest absolute Gasteiger partial charge is 0.369 e. The summed E-state index contributed by atoms with van der Waals surface area (Å²) in [4.78, 5) is 9.47. The molecule has 0 aliphatic rings. The lowest BCUT2D eigenvalue weighted by Crippen LogP contribution is -2.04. The molecule has 0 aromatic rings. The van der Waals surface area contributed by atoms with Crippen molar-refractivity contribution < 1.29 is 4.79 Å². The van der Waals surface area contributed by atoms with Crippen molar-refractivity contribution in [1.82, 2.24) is 6.15 Å². The van der Waals surface area contributed by atoms with E-state index in [1.54, 1.807) is 0 Å².